The van der Waals surface area contributed by atoms with Gasteiger partial charge in [0.05, 0.1) is 12.3 Å². The molecule has 0 saturated heterocycles. The van der Waals surface area contributed by atoms with Gasteiger partial charge in [0.15, 0.2) is 0 Å². The molecule has 1 heterocycles. The van der Waals surface area contributed by atoms with Crippen LogP contribution in [0.15, 0.2) is 12.1 Å². The summed E-state index contributed by atoms with van der Waals surface area (Å²) in [5.41, 5.74) is 1.95. The van der Waals surface area contributed by atoms with Crippen LogP contribution in [0, 0.1) is 6.92 Å². The summed E-state index contributed by atoms with van der Waals surface area (Å²) >= 11 is 0. The van der Waals surface area contributed by atoms with Gasteiger partial charge in [-0.1, -0.05) is 6.92 Å². The van der Waals surface area contributed by atoms with E-state index in [1.165, 1.54) is 0 Å². The Morgan fingerprint density at radius 1 is 1.24 bits per heavy atom. The van der Waals surface area contributed by atoms with Crippen molar-refractivity contribution in [1.82, 2.24) is 10.3 Å². The van der Waals surface area contributed by atoms with E-state index >= 15 is 0 Å². The number of ether oxygens (including phenoxy) is 2. The smallest absolute Gasteiger partial charge is 0.142 e. The Kier molecular flexibility index (Phi) is 6.58. The number of hydrogen-bond donors (Lipinski definition) is 1. The number of pyridine rings is 1. The van der Waals surface area contributed by atoms with E-state index in [0.717, 1.165) is 30.2 Å². The van der Waals surface area contributed by atoms with E-state index in [2.05, 4.69) is 17.2 Å². The minimum Gasteiger partial charge on any atom is -0.489 e. The molecule has 96 valence electrons. The Labute approximate surface area is 103 Å². The number of aryl methyl sites for hydroxylation is 1. The molecular weight excluding hydrogens is 216 g/mol. The first-order valence-corrected chi connectivity index (χ1v) is 6.09. The lowest BCUT2D eigenvalue weighted by atomic mass is 10.3. The van der Waals surface area contributed by atoms with Crippen LogP contribution in [0.2, 0.25) is 0 Å². The van der Waals surface area contributed by atoms with E-state index in [1.54, 1.807) is 0 Å². The fourth-order valence-electron chi connectivity index (χ4n) is 1.48. The van der Waals surface area contributed by atoms with Gasteiger partial charge in [-0.2, -0.15) is 0 Å². The summed E-state index contributed by atoms with van der Waals surface area (Å²) in [6.45, 7) is 6.77. The quantitative estimate of drug-likeness (QED) is 0.703. The minimum absolute atomic E-state index is 0.571. The Bertz CT molecular complexity index is 329. The summed E-state index contributed by atoms with van der Waals surface area (Å²) in [4.78, 5) is 4.45. The normalized spacial score (nSPS) is 10.5. The Morgan fingerprint density at radius 2 is 2.06 bits per heavy atom. The van der Waals surface area contributed by atoms with Crippen molar-refractivity contribution in [2.75, 3.05) is 26.9 Å². The molecule has 1 aromatic heterocycles. The molecule has 4 heteroatoms. The fraction of sp³-hybridized carbons (Fsp3) is 0.615. The average Bonchev–Trinajstić information content (AvgIpc) is 2.32. The molecule has 0 radical (unpaired) electrons. The maximum absolute atomic E-state index is 5.66. The van der Waals surface area contributed by atoms with Gasteiger partial charge in [-0.05, 0) is 32.5 Å². The van der Waals surface area contributed by atoms with Crippen molar-refractivity contribution in [1.29, 1.82) is 0 Å². The molecule has 0 aliphatic rings. The molecule has 0 aliphatic carbocycles. The first-order chi connectivity index (χ1) is 8.27. The molecule has 1 aromatic rings. The maximum Gasteiger partial charge on any atom is 0.142 e. The molecule has 1 rings (SSSR count). The second kappa shape index (κ2) is 8.03. The van der Waals surface area contributed by atoms with Crippen molar-refractivity contribution in [2.45, 2.75) is 26.8 Å². The molecular formula is C13H22N2O2. The molecule has 0 aliphatic heterocycles. The first kappa shape index (κ1) is 13.9. The third-order valence-electron chi connectivity index (χ3n) is 2.25. The van der Waals surface area contributed by atoms with E-state index in [1.807, 2.05) is 26.1 Å². The number of nitrogens with zero attached hydrogens (tertiary/aromatic N) is 1. The first-order valence-electron chi connectivity index (χ1n) is 6.09. The molecule has 0 aromatic carbocycles. The molecule has 0 saturated carbocycles. The van der Waals surface area contributed by atoms with Gasteiger partial charge in [0.2, 0.25) is 0 Å². The van der Waals surface area contributed by atoms with Gasteiger partial charge < -0.3 is 14.8 Å². The lowest BCUT2D eigenvalue weighted by Crippen LogP contribution is -2.12. The van der Waals surface area contributed by atoms with Crippen LogP contribution in [-0.4, -0.2) is 31.9 Å². The van der Waals surface area contributed by atoms with Crippen molar-refractivity contribution in [2.24, 2.45) is 0 Å². The van der Waals surface area contributed by atoms with Gasteiger partial charge >= 0.3 is 0 Å². The van der Waals surface area contributed by atoms with Crippen molar-refractivity contribution in [3.05, 3.63) is 23.5 Å². The second-order valence-electron chi connectivity index (χ2n) is 3.89. The summed E-state index contributed by atoms with van der Waals surface area (Å²) in [5, 5.41) is 3.09. The van der Waals surface area contributed by atoms with Crippen LogP contribution in [0.4, 0.5) is 0 Å². The SMILES string of the molecule is CCCOCCOc1ccc(C)nc1CNC. The topological polar surface area (TPSA) is 43.4 Å². The summed E-state index contributed by atoms with van der Waals surface area (Å²) < 4.78 is 11.0. The monoisotopic (exact) mass is 238 g/mol. The largest absolute Gasteiger partial charge is 0.489 e. The highest BCUT2D eigenvalue weighted by atomic mass is 16.5. The molecule has 17 heavy (non-hydrogen) atoms. The summed E-state index contributed by atoms with van der Waals surface area (Å²) in [6.07, 6.45) is 1.04. The van der Waals surface area contributed by atoms with Crippen LogP contribution >= 0.6 is 0 Å². The van der Waals surface area contributed by atoms with Gasteiger partial charge in [0.1, 0.15) is 12.4 Å². The molecule has 0 atom stereocenters. The van der Waals surface area contributed by atoms with Gasteiger partial charge in [-0.15, -0.1) is 0 Å². The molecule has 0 amide bonds. The highest BCUT2D eigenvalue weighted by molar-refractivity contribution is 5.29. The molecule has 1 N–H and O–H groups in total. The Balaban J connectivity index is 2.45. The van der Waals surface area contributed by atoms with Crippen LogP contribution in [-0.2, 0) is 11.3 Å². The Hall–Kier alpha value is -1.13. The van der Waals surface area contributed by atoms with Crippen molar-refractivity contribution in [3.8, 4) is 5.75 Å². The van der Waals surface area contributed by atoms with Gasteiger partial charge in [0.25, 0.3) is 0 Å². The molecule has 4 nitrogen and oxygen atoms in total. The lowest BCUT2D eigenvalue weighted by Gasteiger charge is -2.11. The van der Waals surface area contributed by atoms with Crippen LogP contribution in [0.1, 0.15) is 24.7 Å². The lowest BCUT2D eigenvalue weighted by molar-refractivity contribution is 0.100. The second-order valence-corrected chi connectivity index (χ2v) is 3.89. The van der Waals surface area contributed by atoms with Gasteiger partial charge in [-0.3, -0.25) is 4.98 Å². The summed E-state index contributed by atoms with van der Waals surface area (Å²) in [6, 6.07) is 3.93. The predicted molar refractivity (Wildman–Crippen MR) is 68.3 cm³/mol. The number of rotatable bonds is 8. The highest BCUT2D eigenvalue weighted by Crippen LogP contribution is 2.16. The molecule has 0 unspecified atom stereocenters. The number of aromatic nitrogens is 1. The van der Waals surface area contributed by atoms with Crippen LogP contribution < -0.4 is 10.1 Å². The fourth-order valence-corrected chi connectivity index (χ4v) is 1.48. The van der Waals surface area contributed by atoms with Gasteiger partial charge in [0, 0.05) is 18.8 Å². The van der Waals surface area contributed by atoms with E-state index in [9.17, 15) is 0 Å². The summed E-state index contributed by atoms with van der Waals surface area (Å²) in [7, 11) is 1.90. The number of nitrogens with one attached hydrogen (secondary N) is 1. The zero-order chi connectivity index (χ0) is 12.5. The Morgan fingerprint density at radius 3 is 2.76 bits per heavy atom. The third-order valence-corrected chi connectivity index (χ3v) is 2.25. The van der Waals surface area contributed by atoms with Crippen LogP contribution in [0.25, 0.3) is 0 Å². The zero-order valence-corrected chi connectivity index (χ0v) is 11.0. The molecule has 0 fully saturated rings. The number of hydrogen-bond acceptors (Lipinski definition) is 4. The van der Waals surface area contributed by atoms with Gasteiger partial charge in [-0.25, -0.2) is 0 Å². The minimum atomic E-state index is 0.571. The zero-order valence-electron chi connectivity index (χ0n) is 11.0. The van der Waals surface area contributed by atoms with Crippen molar-refractivity contribution < 1.29 is 9.47 Å². The van der Waals surface area contributed by atoms with E-state index in [-0.39, 0.29) is 0 Å². The summed E-state index contributed by atoms with van der Waals surface area (Å²) in [5.74, 6) is 0.838. The van der Waals surface area contributed by atoms with E-state index in [4.69, 9.17) is 9.47 Å². The molecule has 0 bridgehead atoms. The van der Waals surface area contributed by atoms with Crippen molar-refractivity contribution >= 4 is 0 Å². The van der Waals surface area contributed by atoms with Crippen molar-refractivity contribution in [3.63, 3.8) is 0 Å². The van der Waals surface area contributed by atoms with Crippen LogP contribution in [0.3, 0.4) is 0 Å². The van der Waals surface area contributed by atoms with E-state index < -0.39 is 0 Å². The highest BCUT2D eigenvalue weighted by Gasteiger charge is 2.04. The average molecular weight is 238 g/mol. The third kappa shape index (κ3) is 5.15. The molecule has 0 spiro atoms. The maximum atomic E-state index is 5.66. The predicted octanol–water partition coefficient (Wildman–Crippen LogP) is 1.91. The van der Waals surface area contributed by atoms with E-state index in [0.29, 0.717) is 19.8 Å². The van der Waals surface area contributed by atoms with Crippen LogP contribution in [0.5, 0.6) is 5.75 Å². The standard InChI is InChI=1S/C13H22N2O2/c1-4-7-16-8-9-17-13-6-5-11(2)15-12(13)10-14-3/h5-6,14H,4,7-10H2,1-3H3.